The van der Waals surface area contributed by atoms with E-state index >= 15 is 0 Å². The Morgan fingerprint density at radius 1 is 1.07 bits per heavy atom. The minimum absolute atomic E-state index is 0.113. The topological polar surface area (TPSA) is 49.4 Å². The summed E-state index contributed by atoms with van der Waals surface area (Å²) >= 11 is 1.76. The van der Waals surface area contributed by atoms with Gasteiger partial charge >= 0.3 is 0 Å². The highest BCUT2D eigenvalue weighted by Gasteiger charge is 2.29. The Balaban J connectivity index is 1.38. The molecule has 5 heteroatoms. The average Bonchev–Trinajstić information content (AvgIpc) is 3.07. The van der Waals surface area contributed by atoms with Gasteiger partial charge in [0.2, 0.25) is 11.8 Å². The van der Waals surface area contributed by atoms with Crippen LogP contribution in [0.5, 0.6) is 0 Å². The Morgan fingerprint density at radius 2 is 1.78 bits per heavy atom. The molecule has 0 radical (unpaired) electrons. The summed E-state index contributed by atoms with van der Waals surface area (Å²) in [4.78, 5) is 29.5. The highest BCUT2D eigenvalue weighted by molar-refractivity contribution is 7.11. The predicted molar refractivity (Wildman–Crippen MR) is 111 cm³/mol. The quantitative estimate of drug-likeness (QED) is 0.768. The molecule has 1 aromatic rings. The molecular weight excluding hydrogens is 356 g/mol. The molecule has 0 saturated heterocycles. The first-order valence-electron chi connectivity index (χ1n) is 10.6. The van der Waals surface area contributed by atoms with Crippen LogP contribution in [0.4, 0.5) is 0 Å². The Hall–Kier alpha value is -1.36. The first kappa shape index (κ1) is 20.4. The van der Waals surface area contributed by atoms with Crippen molar-refractivity contribution in [2.45, 2.75) is 83.7 Å². The lowest BCUT2D eigenvalue weighted by molar-refractivity contribution is -0.135. The van der Waals surface area contributed by atoms with Gasteiger partial charge in [-0.3, -0.25) is 9.59 Å². The Kier molecular flexibility index (Phi) is 7.33. The van der Waals surface area contributed by atoms with E-state index in [4.69, 9.17) is 0 Å². The minimum Gasteiger partial charge on any atom is -0.353 e. The molecule has 0 unspecified atom stereocenters. The van der Waals surface area contributed by atoms with Crippen LogP contribution in [0, 0.1) is 18.8 Å². The molecule has 1 heterocycles. The van der Waals surface area contributed by atoms with E-state index in [9.17, 15) is 9.59 Å². The summed E-state index contributed by atoms with van der Waals surface area (Å²) in [6.45, 7) is 2.80. The van der Waals surface area contributed by atoms with Crippen molar-refractivity contribution in [3.05, 3.63) is 21.9 Å². The second-order valence-electron chi connectivity index (χ2n) is 8.53. The van der Waals surface area contributed by atoms with Crippen molar-refractivity contribution in [3.8, 4) is 0 Å². The van der Waals surface area contributed by atoms with Crippen LogP contribution in [0.2, 0.25) is 0 Å². The maximum Gasteiger partial charge on any atom is 0.225 e. The summed E-state index contributed by atoms with van der Waals surface area (Å²) in [7, 11) is 1.91. The van der Waals surface area contributed by atoms with Crippen molar-refractivity contribution in [2.75, 3.05) is 7.05 Å². The SMILES string of the molecule is Cc1ccc(CN(C)C(=O)C2CCC(NC(=O)CC3CCCCC3)CC2)s1. The Bertz CT molecular complexity index is 628. The van der Waals surface area contributed by atoms with Crippen molar-refractivity contribution in [1.82, 2.24) is 10.2 Å². The van der Waals surface area contributed by atoms with E-state index in [1.165, 1.54) is 41.9 Å². The van der Waals surface area contributed by atoms with Crippen LogP contribution in [0.25, 0.3) is 0 Å². The first-order valence-corrected chi connectivity index (χ1v) is 11.4. The van der Waals surface area contributed by atoms with Gasteiger partial charge in [-0.05, 0) is 63.5 Å². The van der Waals surface area contributed by atoms with Gasteiger partial charge in [-0.1, -0.05) is 19.3 Å². The fourth-order valence-electron chi connectivity index (χ4n) is 4.62. The highest BCUT2D eigenvalue weighted by Crippen LogP contribution is 2.29. The molecule has 27 heavy (non-hydrogen) atoms. The summed E-state index contributed by atoms with van der Waals surface area (Å²) in [6.07, 6.45) is 10.7. The second kappa shape index (κ2) is 9.72. The summed E-state index contributed by atoms with van der Waals surface area (Å²) < 4.78 is 0. The summed E-state index contributed by atoms with van der Waals surface area (Å²) in [5, 5.41) is 3.24. The lowest BCUT2D eigenvalue weighted by Gasteiger charge is -2.31. The summed E-state index contributed by atoms with van der Waals surface area (Å²) in [5.41, 5.74) is 0. The van der Waals surface area contributed by atoms with E-state index in [0.29, 0.717) is 18.9 Å². The van der Waals surface area contributed by atoms with Crippen LogP contribution in [0.1, 0.15) is 74.0 Å². The highest BCUT2D eigenvalue weighted by atomic mass is 32.1. The Labute approximate surface area is 167 Å². The van der Waals surface area contributed by atoms with E-state index in [0.717, 1.165) is 25.7 Å². The van der Waals surface area contributed by atoms with Crippen LogP contribution in [-0.4, -0.2) is 29.8 Å². The molecule has 150 valence electrons. The van der Waals surface area contributed by atoms with Crippen LogP contribution >= 0.6 is 11.3 Å². The molecule has 3 rings (SSSR count). The molecule has 2 amide bonds. The number of thiophene rings is 1. The van der Waals surface area contributed by atoms with Crippen LogP contribution in [0.15, 0.2) is 12.1 Å². The van der Waals surface area contributed by atoms with E-state index in [1.807, 2.05) is 11.9 Å². The van der Waals surface area contributed by atoms with Crippen LogP contribution < -0.4 is 5.32 Å². The van der Waals surface area contributed by atoms with Gasteiger partial charge in [0.15, 0.2) is 0 Å². The molecule has 1 N–H and O–H groups in total. The van der Waals surface area contributed by atoms with E-state index in [2.05, 4.69) is 24.4 Å². The van der Waals surface area contributed by atoms with Crippen LogP contribution in [-0.2, 0) is 16.1 Å². The van der Waals surface area contributed by atoms with E-state index < -0.39 is 0 Å². The zero-order valence-electron chi connectivity index (χ0n) is 16.8. The fourth-order valence-corrected chi connectivity index (χ4v) is 5.56. The monoisotopic (exact) mass is 390 g/mol. The second-order valence-corrected chi connectivity index (χ2v) is 9.90. The molecule has 0 spiro atoms. The molecule has 0 aromatic carbocycles. The van der Waals surface area contributed by atoms with Gasteiger partial charge in [0.1, 0.15) is 0 Å². The molecule has 1 aromatic heterocycles. The molecule has 0 aliphatic heterocycles. The Morgan fingerprint density at radius 3 is 2.41 bits per heavy atom. The molecular formula is C22H34N2O2S. The number of amides is 2. The molecule has 4 nitrogen and oxygen atoms in total. The minimum atomic E-state index is 0.113. The lowest BCUT2D eigenvalue weighted by Crippen LogP contribution is -2.41. The number of carbonyl (C=O) groups excluding carboxylic acids is 2. The van der Waals surface area contributed by atoms with Gasteiger partial charge in [0, 0.05) is 35.2 Å². The summed E-state index contributed by atoms with van der Waals surface area (Å²) in [5.74, 6) is 1.18. The fraction of sp³-hybridized carbons (Fsp3) is 0.727. The van der Waals surface area contributed by atoms with Crippen molar-refractivity contribution >= 4 is 23.2 Å². The van der Waals surface area contributed by atoms with Crippen molar-refractivity contribution in [1.29, 1.82) is 0 Å². The molecule has 0 bridgehead atoms. The average molecular weight is 391 g/mol. The first-order chi connectivity index (χ1) is 13.0. The molecule has 2 aliphatic carbocycles. The number of nitrogens with zero attached hydrogens (tertiary/aromatic N) is 1. The smallest absolute Gasteiger partial charge is 0.225 e. The molecule has 2 aliphatic rings. The zero-order valence-corrected chi connectivity index (χ0v) is 17.7. The third-order valence-electron chi connectivity index (χ3n) is 6.21. The third kappa shape index (κ3) is 6.06. The third-order valence-corrected chi connectivity index (χ3v) is 7.19. The molecule has 2 fully saturated rings. The number of aryl methyl sites for hydroxylation is 1. The number of nitrogens with one attached hydrogen (secondary N) is 1. The van der Waals surface area contributed by atoms with Gasteiger partial charge in [-0.15, -0.1) is 11.3 Å². The van der Waals surface area contributed by atoms with Crippen molar-refractivity contribution < 1.29 is 9.59 Å². The maximum atomic E-state index is 12.7. The van der Waals surface area contributed by atoms with Crippen molar-refractivity contribution in [2.24, 2.45) is 11.8 Å². The van der Waals surface area contributed by atoms with E-state index in [1.54, 1.807) is 11.3 Å². The van der Waals surface area contributed by atoms with Gasteiger partial charge < -0.3 is 10.2 Å². The summed E-state index contributed by atoms with van der Waals surface area (Å²) in [6, 6.07) is 4.48. The van der Waals surface area contributed by atoms with Crippen molar-refractivity contribution in [3.63, 3.8) is 0 Å². The van der Waals surface area contributed by atoms with Gasteiger partial charge in [0.05, 0.1) is 6.54 Å². The predicted octanol–water partition coefficient (Wildman–Crippen LogP) is 4.66. The van der Waals surface area contributed by atoms with Gasteiger partial charge in [-0.2, -0.15) is 0 Å². The van der Waals surface area contributed by atoms with Gasteiger partial charge in [-0.25, -0.2) is 0 Å². The largest absolute Gasteiger partial charge is 0.353 e. The van der Waals surface area contributed by atoms with Crippen LogP contribution in [0.3, 0.4) is 0 Å². The number of hydrogen-bond acceptors (Lipinski definition) is 3. The number of rotatable bonds is 6. The normalized spacial score (nSPS) is 23.8. The standard InChI is InChI=1S/C22H34N2O2S/c1-16-8-13-20(27-16)15-24(2)22(26)18-9-11-19(12-10-18)23-21(25)14-17-6-4-3-5-7-17/h8,13,17-19H,3-7,9-12,14-15H2,1-2H3,(H,23,25). The molecule has 2 saturated carbocycles. The maximum absolute atomic E-state index is 12.7. The molecule has 0 atom stereocenters. The van der Waals surface area contributed by atoms with Gasteiger partial charge in [0.25, 0.3) is 0 Å². The number of hydrogen-bond donors (Lipinski definition) is 1. The zero-order chi connectivity index (χ0) is 19.2. The number of carbonyl (C=O) groups is 2. The lowest BCUT2D eigenvalue weighted by atomic mass is 9.84. The van der Waals surface area contributed by atoms with E-state index in [-0.39, 0.29) is 23.8 Å².